The maximum absolute atomic E-state index is 5.72. The molecule has 0 bridgehead atoms. The van der Waals surface area contributed by atoms with E-state index in [1.807, 2.05) is 30.3 Å². The van der Waals surface area contributed by atoms with Crippen LogP contribution in [0.3, 0.4) is 0 Å². The molecule has 2 rings (SSSR count). The molecule has 0 saturated carbocycles. The van der Waals surface area contributed by atoms with Gasteiger partial charge in [-0.2, -0.15) is 0 Å². The first-order chi connectivity index (χ1) is 10.2. The Labute approximate surface area is 126 Å². The molecule has 21 heavy (non-hydrogen) atoms. The van der Waals surface area contributed by atoms with Gasteiger partial charge in [0.2, 0.25) is 0 Å². The van der Waals surface area contributed by atoms with Crippen LogP contribution in [0.15, 0.2) is 42.5 Å². The molecule has 0 atom stereocenters. The van der Waals surface area contributed by atoms with E-state index in [2.05, 4.69) is 26.0 Å². The minimum atomic E-state index is 0.636. The molecule has 0 amide bonds. The average molecular weight is 286 g/mol. The Kier molecular flexibility index (Phi) is 5.50. The second-order valence-corrected chi connectivity index (χ2v) is 4.97. The van der Waals surface area contributed by atoms with Crippen molar-refractivity contribution in [3.8, 4) is 17.2 Å². The molecule has 3 heteroatoms. The van der Waals surface area contributed by atoms with E-state index in [0.717, 1.165) is 23.7 Å². The summed E-state index contributed by atoms with van der Waals surface area (Å²) in [4.78, 5) is 0. The van der Waals surface area contributed by atoms with Crippen molar-refractivity contribution in [3.63, 3.8) is 0 Å². The highest BCUT2D eigenvalue weighted by molar-refractivity contribution is 5.33. The third-order valence-corrected chi connectivity index (χ3v) is 3.36. The van der Waals surface area contributed by atoms with Crippen molar-refractivity contribution in [1.29, 1.82) is 0 Å². The minimum absolute atomic E-state index is 0.636. The first kappa shape index (κ1) is 15.2. The Morgan fingerprint density at radius 2 is 1.29 bits per heavy atom. The zero-order valence-electron chi connectivity index (χ0n) is 12.9. The molecule has 0 fully saturated rings. The van der Waals surface area contributed by atoms with E-state index < -0.39 is 0 Å². The number of ether oxygens (including phenoxy) is 3. The van der Waals surface area contributed by atoms with Crippen LogP contribution in [0.2, 0.25) is 0 Å². The van der Waals surface area contributed by atoms with Crippen LogP contribution in [-0.2, 0) is 0 Å². The minimum Gasteiger partial charge on any atom is -0.497 e. The molecule has 2 aromatic carbocycles. The van der Waals surface area contributed by atoms with Crippen LogP contribution in [0, 0.1) is 13.8 Å². The van der Waals surface area contributed by atoms with Crippen LogP contribution in [0.4, 0.5) is 0 Å². The third kappa shape index (κ3) is 4.71. The van der Waals surface area contributed by atoms with Crippen LogP contribution in [0.5, 0.6) is 17.2 Å². The number of hydrogen-bond acceptors (Lipinski definition) is 3. The van der Waals surface area contributed by atoms with Crippen LogP contribution in [-0.4, -0.2) is 20.3 Å². The summed E-state index contributed by atoms with van der Waals surface area (Å²) in [5, 5.41) is 0. The molecule has 0 aromatic heterocycles. The predicted molar refractivity (Wildman–Crippen MR) is 84.5 cm³/mol. The van der Waals surface area contributed by atoms with Gasteiger partial charge in [0.1, 0.15) is 17.2 Å². The maximum atomic E-state index is 5.72. The molecule has 112 valence electrons. The lowest BCUT2D eigenvalue weighted by Crippen LogP contribution is -2.05. The van der Waals surface area contributed by atoms with Crippen LogP contribution < -0.4 is 14.2 Å². The lowest BCUT2D eigenvalue weighted by atomic mass is 10.1. The molecule has 0 spiro atoms. The van der Waals surface area contributed by atoms with Gasteiger partial charge >= 0.3 is 0 Å². The van der Waals surface area contributed by atoms with Crippen molar-refractivity contribution in [3.05, 3.63) is 53.6 Å². The van der Waals surface area contributed by atoms with E-state index in [-0.39, 0.29) is 0 Å². The van der Waals surface area contributed by atoms with Gasteiger partial charge in [0.25, 0.3) is 0 Å². The molecule has 0 N–H and O–H groups in total. The van der Waals surface area contributed by atoms with Crippen molar-refractivity contribution in [2.75, 3.05) is 20.3 Å². The highest BCUT2D eigenvalue weighted by Crippen LogP contribution is 2.18. The first-order valence-electron chi connectivity index (χ1n) is 7.16. The van der Waals surface area contributed by atoms with Gasteiger partial charge in [-0.3, -0.25) is 0 Å². The van der Waals surface area contributed by atoms with Crippen molar-refractivity contribution >= 4 is 0 Å². The maximum Gasteiger partial charge on any atom is 0.119 e. The Balaban J connectivity index is 1.68. The first-order valence-corrected chi connectivity index (χ1v) is 7.16. The van der Waals surface area contributed by atoms with E-state index in [0.29, 0.717) is 13.2 Å². The van der Waals surface area contributed by atoms with Gasteiger partial charge < -0.3 is 14.2 Å². The van der Waals surface area contributed by atoms with E-state index in [9.17, 15) is 0 Å². The predicted octanol–water partition coefficient (Wildman–Crippen LogP) is 4.16. The Morgan fingerprint density at radius 3 is 1.90 bits per heavy atom. The van der Waals surface area contributed by atoms with Crippen molar-refractivity contribution in [1.82, 2.24) is 0 Å². The number of hydrogen-bond donors (Lipinski definition) is 0. The molecule has 0 unspecified atom stereocenters. The molecule has 0 aliphatic heterocycles. The highest BCUT2D eigenvalue weighted by atomic mass is 16.5. The fraction of sp³-hybridized carbons (Fsp3) is 0.333. The van der Waals surface area contributed by atoms with Crippen LogP contribution in [0.25, 0.3) is 0 Å². The highest BCUT2D eigenvalue weighted by Gasteiger charge is 1.98. The zero-order valence-corrected chi connectivity index (χ0v) is 12.9. The largest absolute Gasteiger partial charge is 0.497 e. The van der Waals surface area contributed by atoms with Gasteiger partial charge in [-0.05, 0) is 61.4 Å². The third-order valence-electron chi connectivity index (χ3n) is 3.36. The van der Waals surface area contributed by atoms with Crippen molar-refractivity contribution in [2.45, 2.75) is 20.3 Å². The van der Waals surface area contributed by atoms with Crippen LogP contribution in [0.1, 0.15) is 17.5 Å². The van der Waals surface area contributed by atoms with Gasteiger partial charge in [0.05, 0.1) is 20.3 Å². The van der Waals surface area contributed by atoms with Gasteiger partial charge in [-0.1, -0.05) is 6.07 Å². The smallest absolute Gasteiger partial charge is 0.119 e. The monoisotopic (exact) mass is 286 g/mol. The SMILES string of the molecule is COc1ccc(OCCCOc2ccc(C)c(C)c2)cc1. The number of aryl methyl sites for hydroxylation is 2. The van der Waals surface area contributed by atoms with Crippen LogP contribution >= 0.6 is 0 Å². The molecular weight excluding hydrogens is 264 g/mol. The van der Waals surface area contributed by atoms with E-state index in [4.69, 9.17) is 14.2 Å². The molecular formula is C18H22O3. The summed E-state index contributed by atoms with van der Waals surface area (Å²) in [5.41, 5.74) is 2.53. The zero-order chi connectivity index (χ0) is 15.1. The normalized spacial score (nSPS) is 10.2. The van der Waals surface area contributed by atoms with Gasteiger partial charge in [-0.15, -0.1) is 0 Å². The summed E-state index contributed by atoms with van der Waals surface area (Å²) >= 11 is 0. The lowest BCUT2D eigenvalue weighted by Gasteiger charge is -2.09. The van der Waals surface area contributed by atoms with Gasteiger partial charge in [0.15, 0.2) is 0 Å². The van der Waals surface area contributed by atoms with E-state index in [1.54, 1.807) is 7.11 Å². The number of benzene rings is 2. The molecule has 0 aliphatic carbocycles. The summed E-state index contributed by atoms with van der Waals surface area (Å²) in [7, 11) is 1.65. The lowest BCUT2D eigenvalue weighted by molar-refractivity contribution is 0.247. The van der Waals surface area contributed by atoms with E-state index in [1.165, 1.54) is 11.1 Å². The van der Waals surface area contributed by atoms with Crippen molar-refractivity contribution < 1.29 is 14.2 Å². The standard InChI is InChI=1S/C18H22O3/c1-14-5-6-18(13-15(14)2)21-12-4-11-20-17-9-7-16(19-3)8-10-17/h5-10,13H,4,11-12H2,1-3H3. The van der Waals surface area contributed by atoms with Gasteiger partial charge in [-0.25, -0.2) is 0 Å². The Hall–Kier alpha value is -2.16. The second-order valence-electron chi connectivity index (χ2n) is 4.97. The molecule has 0 aliphatic rings. The summed E-state index contributed by atoms with van der Waals surface area (Å²) < 4.78 is 16.5. The fourth-order valence-electron chi connectivity index (χ4n) is 1.91. The molecule has 3 nitrogen and oxygen atoms in total. The number of methoxy groups -OCH3 is 1. The molecule has 2 aromatic rings. The fourth-order valence-corrected chi connectivity index (χ4v) is 1.91. The van der Waals surface area contributed by atoms with E-state index >= 15 is 0 Å². The summed E-state index contributed by atoms with van der Waals surface area (Å²) in [6.07, 6.45) is 0.846. The van der Waals surface area contributed by atoms with Gasteiger partial charge in [0, 0.05) is 6.42 Å². The quantitative estimate of drug-likeness (QED) is 0.715. The Bertz CT molecular complexity index is 561. The molecule has 0 radical (unpaired) electrons. The topological polar surface area (TPSA) is 27.7 Å². The van der Waals surface area contributed by atoms with Crippen molar-refractivity contribution in [2.24, 2.45) is 0 Å². The molecule has 0 saturated heterocycles. The summed E-state index contributed by atoms with van der Waals surface area (Å²) in [6.45, 7) is 5.48. The summed E-state index contributed by atoms with van der Waals surface area (Å²) in [6, 6.07) is 13.7. The average Bonchev–Trinajstić information content (AvgIpc) is 2.51. The second kappa shape index (κ2) is 7.58. The number of rotatable bonds is 7. The summed E-state index contributed by atoms with van der Waals surface area (Å²) in [5.74, 6) is 2.60. The molecule has 0 heterocycles. The Morgan fingerprint density at radius 1 is 0.714 bits per heavy atom.